The van der Waals surface area contributed by atoms with Crippen LogP contribution in [0.3, 0.4) is 0 Å². The number of rotatable bonds is 5. The molecule has 0 bridgehead atoms. The highest BCUT2D eigenvalue weighted by Gasteiger charge is 2.05. The summed E-state index contributed by atoms with van der Waals surface area (Å²) >= 11 is 0. The Hall–Kier alpha value is -2.14. The topological polar surface area (TPSA) is 64.2 Å². The SMILES string of the molecule is CN(Cc1ccc(C(N)=O)cc1)Cc1cnn(C)c1. The van der Waals surface area contributed by atoms with E-state index in [1.807, 2.05) is 31.6 Å². The zero-order chi connectivity index (χ0) is 13.8. The second-order valence-electron chi connectivity index (χ2n) is 4.76. The van der Waals surface area contributed by atoms with Crippen molar-refractivity contribution in [2.24, 2.45) is 12.8 Å². The van der Waals surface area contributed by atoms with Gasteiger partial charge >= 0.3 is 0 Å². The van der Waals surface area contributed by atoms with Crippen LogP contribution >= 0.6 is 0 Å². The summed E-state index contributed by atoms with van der Waals surface area (Å²) in [6.07, 6.45) is 3.87. The molecule has 2 rings (SSSR count). The third-order valence-electron chi connectivity index (χ3n) is 2.90. The maximum absolute atomic E-state index is 11.0. The van der Waals surface area contributed by atoms with Gasteiger partial charge in [0.2, 0.25) is 5.91 Å². The molecule has 0 saturated heterocycles. The smallest absolute Gasteiger partial charge is 0.248 e. The van der Waals surface area contributed by atoms with Gasteiger partial charge < -0.3 is 5.73 Å². The highest BCUT2D eigenvalue weighted by Crippen LogP contribution is 2.09. The molecule has 0 unspecified atom stereocenters. The van der Waals surface area contributed by atoms with Crippen molar-refractivity contribution in [3.8, 4) is 0 Å². The van der Waals surface area contributed by atoms with Crippen LogP contribution in [0.1, 0.15) is 21.5 Å². The molecular formula is C14H18N4O. The predicted octanol–water partition coefficient (Wildman–Crippen LogP) is 1.15. The fourth-order valence-corrected chi connectivity index (χ4v) is 2.01. The number of hydrogen-bond donors (Lipinski definition) is 1. The van der Waals surface area contributed by atoms with Gasteiger partial charge in [-0.3, -0.25) is 14.4 Å². The molecule has 1 amide bonds. The summed E-state index contributed by atoms with van der Waals surface area (Å²) in [6, 6.07) is 7.38. The van der Waals surface area contributed by atoms with Crippen LogP contribution < -0.4 is 5.73 Å². The van der Waals surface area contributed by atoms with Crippen molar-refractivity contribution in [1.29, 1.82) is 0 Å². The Morgan fingerprint density at radius 3 is 2.42 bits per heavy atom. The Balaban J connectivity index is 1.94. The molecule has 0 atom stereocenters. The minimum atomic E-state index is -0.393. The van der Waals surface area contributed by atoms with Gasteiger partial charge in [-0.2, -0.15) is 5.10 Å². The Kier molecular flexibility index (Phi) is 3.97. The van der Waals surface area contributed by atoms with Crippen LogP contribution in [0, 0.1) is 0 Å². The molecule has 5 nitrogen and oxygen atoms in total. The summed E-state index contributed by atoms with van der Waals surface area (Å²) in [5, 5.41) is 4.15. The molecule has 0 spiro atoms. The molecule has 0 aliphatic carbocycles. The summed E-state index contributed by atoms with van der Waals surface area (Å²) in [4.78, 5) is 13.2. The number of hydrogen-bond acceptors (Lipinski definition) is 3. The van der Waals surface area contributed by atoms with Crippen molar-refractivity contribution < 1.29 is 4.79 Å². The van der Waals surface area contributed by atoms with E-state index in [1.165, 1.54) is 5.56 Å². The van der Waals surface area contributed by atoms with Gasteiger partial charge in [0, 0.05) is 37.5 Å². The first-order valence-electron chi connectivity index (χ1n) is 6.09. The van der Waals surface area contributed by atoms with Gasteiger partial charge in [0.25, 0.3) is 0 Å². The largest absolute Gasteiger partial charge is 0.366 e. The monoisotopic (exact) mass is 258 g/mol. The molecule has 19 heavy (non-hydrogen) atoms. The van der Waals surface area contributed by atoms with Crippen molar-refractivity contribution in [2.75, 3.05) is 7.05 Å². The normalized spacial score (nSPS) is 10.9. The third-order valence-corrected chi connectivity index (χ3v) is 2.90. The highest BCUT2D eigenvalue weighted by atomic mass is 16.1. The van der Waals surface area contributed by atoms with Gasteiger partial charge in [-0.25, -0.2) is 0 Å². The van der Waals surface area contributed by atoms with Crippen LogP contribution in [-0.2, 0) is 20.1 Å². The van der Waals surface area contributed by atoms with Gasteiger partial charge in [-0.15, -0.1) is 0 Å². The van der Waals surface area contributed by atoms with Crippen molar-refractivity contribution >= 4 is 5.91 Å². The lowest BCUT2D eigenvalue weighted by atomic mass is 10.1. The number of nitrogens with two attached hydrogens (primary N) is 1. The minimum Gasteiger partial charge on any atom is -0.366 e. The molecule has 1 aromatic carbocycles. The van der Waals surface area contributed by atoms with Gasteiger partial charge in [0.1, 0.15) is 0 Å². The van der Waals surface area contributed by atoms with Crippen LogP contribution in [0.4, 0.5) is 0 Å². The quantitative estimate of drug-likeness (QED) is 0.875. The standard InChI is InChI=1S/C14H18N4O/c1-17(9-12-7-16-18(2)10-12)8-11-3-5-13(6-4-11)14(15)19/h3-7,10H,8-9H2,1-2H3,(H2,15,19). The van der Waals surface area contributed by atoms with Crippen molar-refractivity contribution in [2.45, 2.75) is 13.1 Å². The maximum atomic E-state index is 11.0. The molecule has 1 aromatic heterocycles. The van der Waals surface area contributed by atoms with E-state index in [2.05, 4.69) is 17.0 Å². The molecule has 0 aliphatic heterocycles. The number of carbonyl (C=O) groups excluding carboxylic acids is 1. The fourth-order valence-electron chi connectivity index (χ4n) is 2.01. The van der Waals surface area contributed by atoms with E-state index in [4.69, 9.17) is 5.73 Å². The molecule has 0 aliphatic rings. The van der Waals surface area contributed by atoms with Crippen molar-refractivity contribution in [3.63, 3.8) is 0 Å². The van der Waals surface area contributed by atoms with Gasteiger partial charge in [0.15, 0.2) is 0 Å². The minimum absolute atomic E-state index is 0.393. The Labute approximate surface area is 112 Å². The van der Waals surface area contributed by atoms with Crippen molar-refractivity contribution in [3.05, 3.63) is 53.3 Å². The molecule has 100 valence electrons. The lowest BCUT2D eigenvalue weighted by molar-refractivity contribution is 0.100. The lowest BCUT2D eigenvalue weighted by Gasteiger charge is -2.15. The van der Waals surface area contributed by atoms with E-state index in [0.717, 1.165) is 18.7 Å². The van der Waals surface area contributed by atoms with E-state index in [0.29, 0.717) is 5.56 Å². The predicted molar refractivity (Wildman–Crippen MR) is 73.3 cm³/mol. The van der Waals surface area contributed by atoms with Crippen molar-refractivity contribution in [1.82, 2.24) is 14.7 Å². The summed E-state index contributed by atoms with van der Waals surface area (Å²) in [6.45, 7) is 1.65. The third kappa shape index (κ3) is 3.66. The zero-order valence-corrected chi connectivity index (χ0v) is 11.2. The molecule has 0 radical (unpaired) electrons. The molecule has 0 fully saturated rings. The lowest BCUT2D eigenvalue weighted by Crippen LogP contribution is -2.17. The van der Waals surface area contributed by atoms with E-state index >= 15 is 0 Å². The van der Waals surface area contributed by atoms with Crippen LogP contribution in [-0.4, -0.2) is 27.6 Å². The highest BCUT2D eigenvalue weighted by molar-refractivity contribution is 5.92. The summed E-state index contributed by atoms with van der Waals surface area (Å²) in [5.74, 6) is -0.393. The number of benzene rings is 1. The van der Waals surface area contributed by atoms with Crippen LogP contribution in [0.5, 0.6) is 0 Å². The van der Waals surface area contributed by atoms with Gasteiger partial charge in [-0.1, -0.05) is 12.1 Å². The number of carbonyl (C=O) groups is 1. The Morgan fingerprint density at radius 2 is 1.89 bits per heavy atom. The summed E-state index contributed by atoms with van der Waals surface area (Å²) in [7, 11) is 3.96. The van der Waals surface area contributed by atoms with E-state index < -0.39 is 5.91 Å². The Morgan fingerprint density at radius 1 is 1.26 bits per heavy atom. The molecule has 2 aromatic rings. The number of primary amides is 1. The average Bonchev–Trinajstić information content (AvgIpc) is 2.75. The molecule has 2 N–H and O–H groups in total. The molecule has 5 heteroatoms. The van der Waals surface area contributed by atoms with Crippen LogP contribution in [0.25, 0.3) is 0 Å². The van der Waals surface area contributed by atoms with Crippen LogP contribution in [0.2, 0.25) is 0 Å². The summed E-state index contributed by atoms with van der Waals surface area (Å²) < 4.78 is 1.80. The van der Waals surface area contributed by atoms with E-state index in [9.17, 15) is 4.79 Å². The number of aromatic nitrogens is 2. The first-order valence-corrected chi connectivity index (χ1v) is 6.09. The maximum Gasteiger partial charge on any atom is 0.248 e. The van der Waals surface area contributed by atoms with Gasteiger partial charge in [0.05, 0.1) is 6.20 Å². The second kappa shape index (κ2) is 5.67. The number of aryl methyl sites for hydroxylation is 1. The van der Waals surface area contributed by atoms with Gasteiger partial charge in [-0.05, 0) is 24.7 Å². The average molecular weight is 258 g/mol. The fraction of sp³-hybridized carbons (Fsp3) is 0.286. The van der Waals surface area contributed by atoms with Crippen LogP contribution in [0.15, 0.2) is 36.7 Å². The Bertz CT molecular complexity index is 559. The van der Waals surface area contributed by atoms with E-state index in [1.54, 1.807) is 16.8 Å². The second-order valence-corrected chi connectivity index (χ2v) is 4.76. The zero-order valence-electron chi connectivity index (χ0n) is 11.2. The van der Waals surface area contributed by atoms with E-state index in [-0.39, 0.29) is 0 Å². The number of nitrogens with zero attached hydrogens (tertiary/aromatic N) is 3. The first kappa shape index (κ1) is 13.3. The number of amides is 1. The summed E-state index contributed by atoms with van der Waals surface area (Å²) in [5.41, 5.74) is 8.08. The molecule has 1 heterocycles. The molecule has 0 saturated carbocycles. The molecular weight excluding hydrogens is 240 g/mol. The first-order chi connectivity index (χ1) is 9.04.